The highest BCUT2D eigenvalue weighted by molar-refractivity contribution is 7.19. The van der Waals surface area contributed by atoms with E-state index in [1.807, 2.05) is 35.0 Å². The zero-order chi connectivity index (χ0) is 17.9. The minimum atomic E-state index is -0.369. The Morgan fingerprint density at radius 2 is 1.96 bits per heavy atom. The molecule has 4 rings (SSSR count). The number of amides is 2. The summed E-state index contributed by atoms with van der Waals surface area (Å²) in [5, 5.41) is 21.4. The van der Waals surface area contributed by atoms with Crippen LogP contribution in [0.15, 0.2) is 52.3 Å². The van der Waals surface area contributed by atoms with Crippen LogP contribution in [-0.4, -0.2) is 27.7 Å². The molecule has 9 heteroatoms. The van der Waals surface area contributed by atoms with Crippen molar-refractivity contribution < 1.29 is 9.59 Å². The van der Waals surface area contributed by atoms with Crippen LogP contribution < -0.4 is 10.3 Å². The number of aromatic nitrogens is 2. The number of anilines is 2. The molecule has 0 saturated heterocycles. The van der Waals surface area contributed by atoms with Gasteiger partial charge in [0.05, 0.1) is 5.69 Å². The smallest absolute Gasteiger partial charge is 0.273 e. The van der Waals surface area contributed by atoms with Gasteiger partial charge in [-0.15, -0.1) is 10.2 Å². The third kappa shape index (κ3) is 3.39. The van der Waals surface area contributed by atoms with Crippen molar-refractivity contribution in [1.82, 2.24) is 10.2 Å². The molecule has 2 amide bonds. The first-order valence-electron chi connectivity index (χ1n) is 7.83. The van der Waals surface area contributed by atoms with Gasteiger partial charge in [-0.2, -0.15) is 16.4 Å². The summed E-state index contributed by atoms with van der Waals surface area (Å²) < 4.78 is 0. The Morgan fingerprint density at radius 3 is 2.73 bits per heavy atom. The van der Waals surface area contributed by atoms with Crippen molar-refractivity contribution >= 4 is 51.0 Å². The molecule has 1 N–H and O–H groups in total. The number of nitrogens with zero attached hydrogens (tertiary/aromatic N) is 4. The first-order valence-corrected chi connectivity index (χ1v) is 9.59. The van der Waals surface area contributed by atoms with Crippen LogP contribution in [0.1, 0.15) is 12.8 Å². The van der Waals surface area contributed by atoms with E-state index in [4.69, 9.17) is 0 Å². The molecule has 1 aromatic carbocycles. The van der Waals surface area contributed by atoms with E-state index in [-0.39, 0.29) is 18.2 Å². The molecule has 0 aliphatic carbocycles. The first-order chi connectivity index (χ1) is 12.7. The second-order valence-electron chi connectivity index (χ2n) is 5.47. The van der Waals surface area contributed by atoms with Crippen LogP contribution in [0, 0.1) is 0 Å². The fraction of sp³-hybridized carbons (Fsp3) is 0.118. The van der Waals surface area contributed by atoms with E-state index in [9.17, 15) is 9.59 Å². The number of hydrogen-bond donors (Lipinski definition) is 1. The van der Waals surface area contributed by atoms with E-state index in [0.717, 1.165) is 10.6 Å². The van der Waals surface area contributed by atoms with Gasteiger partial charge in [0.15, 0.2) is 0 Å². The largest absolute Gasteiger partial charge is 0.295 e. The van der Waals surface area contributed by atoms with Crippen molar-refractivity contribution in [3.05, 3.63) is 47.2 Å². The lowest BCUT2D eigenvalue weighted by molar-refractivity contribution is -0.118. The number of para-hydroxylation sites is 1. The summed E-state index contributed by atoms with van der Waals surface area (Å²) in [6, 6.07) is 11.0. The topological polar surface area (TPSA) is 87.6 Å². The van der Waals surface area contributed by atoms with Crippen molar-refractivity contribution in [2.45, 2.75) is 12.8 Å². The molecule has 26 heavy (non-hydrogen) atoms. The summed E-state index contributed by atoms with van der Waals surface area (Å²) in [6.45, 7) is 0. The van der Waals surface area contributed by atoms with Gasteiger partial charge in [-0.25, -0.2) is 5.01 Å². The molecule has 1 aliphatic rings. The highest BCUT2D eigenvalue weighted by Crippen LogP contribution is 2.28. The molecule has 0 atom stereocenters. The standard InChI is InChI=1S/C17H13N5O2S2/c23-14-7-6-13(21-22(14)12-4-2-1-3-5-12)15(24)18-17-20-19-16(26-17)11-8-9-25-10-11/h1-5,8-10H,6-7H2,(H,18,20,24). The zero-order valence-electron chi connectivity index (χ0n) is 13.5. The van der Waals surface area contributed by atoms with Gasteiger partial charge in [-0.05, 0) is 23.6 Å². The van der Waals surface area contributed by atoms with E-state index in [1.165, 1.54) is 16.3 Å². The molecule has 0 saturated carbocycles. The Bertz CT molecular complexity index is 966. The fourth-order valence-corrected chi connectivity index (χ4v) is 3.88. The second-order valence-corrected chi connectivity index (χ2v) is 7.22. The Balaban J connectivity index is 1.52. The van der Waals surface area contributed by atoms with Crippen LogP contribution in [0.25, 0.3) is 10.6 Å². The SMILES string of the molecule is O=C(Nc1nnc(-c2ccsc2)s1)C1=NN(c2ccccc2)C(=O)CC1. The van der Waals surface area contributed by atoms with Crippen molar-refractivity contribution in [2.75, 3.05) is 10.3 Å². The number of thiophene rings is 1. The van der Waals surface area contributed by atoms with Crippen LogP contribution in [0.2, 0.25) is 0 Å². The van der Waals surface area contributed by atoms with Crippen LogP contribution >= 0.6 is 22.7 Å². The number of hydrogen-bond acceptors (Lipinski definition) is 7. The summed E-state index contributed by atoms with van der Waals surface area (Å²) >= 11 is 2.87. The van der Waals surface area contributed by atoms with Gasteiger partial charge < -0.3 is 0 Å². The number of hydrazone groups is 1. The maximum absolute atomic E-state index is 12.5. The van der Waals surface area contributed by atoms with Crippen molar-refractivity contribution in [2.24, 2.45) is 5.10 Å². The molecule has 0 spiro atoms. The molecule has 3 heterocycles. The van der Waals surface area contributed by atoms with E-state index in [0.29, 0.717) is 23.0 Å². The minimum absolute atomic E-state index is 0.136. The van der Waals surface area contributed by atoms with Gasteiger partial charge in [0.25, 0.3) is 5.91 Å². The van der Waals surface area contributed by atoms with Crippen molar-refractivity contribution in [1.29, 1.82) is 0 Å². The Morgan fingerprint density at radius 1 is 1.12 bits per heavy atom. The molecule has 0 unspecified atom stereocenters. The molecule has 0 fully saturated rings. The lowest BCUT2D eigenvalue weighted by Gasteiger charge is -2.22. The van der Waals surface area contributed by atoms with Gasteiger partial charge in [-0.3, -0.25) is 14.9 Å². The third-order valence-electron chi connectivity index (χ3n) is 3.71. The van der Waals surface area contributed by atoms with Crippen molar-refractivity contribution in [3.63, 3.8) is 0 Å². The number of rotatable bonds is 4. The maximum Gasteiger partial charge on any atom is 0.273 e. The Hall–Kier alpha value is -2.91. The van der Waals surface area contributed by atoms with Gasteiger partial charge in [0.2, 0.25) is 11.0 Å². The first kappa shape index (κ1) is 16.6. The molecular formula is C17H13N5O2S2. The van der Waals surface area contributed by atoms with Gasteiger partial charge in [0, 0.05) is 23.8 Å². The predicted octanol–water partition coefficient (Wildman–Crippen LogP) is 3.39. The number of carbonyl (C=O) groups is 2. The predicted molar refractivity (Wildman–Crippen MR) is 102 cm³/mol. The molecule has 0 radical (unpaired) electrons. The lowest BCUT2D eigenvalue weighted by atomic mass is 10.1. The Kier molecular flexibility index (Phi) is 4.55. The molecular weight excluding hydrogens is 370 g/mol. The van der Waals surface area contributed by atoms with Crippen molar-refractivity contribution in [3.8, 4) is 10.6 Å². The summed E-state index contributed by atoms with van der Waals surface area (Å²) in [7, 11) is 0. The van der Waals surface area contributed by atoms with Gasteiger partial charge >= 0.3 is 0 Å². The molecule has 7 nitrogen and oxygen atoms in total. The summed E-state index contributed by atoms with van der Waals surface area (Å²) in [6.07, 6.45) is 0.529. The molecule has 0 bridgehead atoms. The van der Waals surface area contributed by atoms with E-state index >= 15 is 0 Å². The highest BCUT2D eigenvalue weighted by atomic mass is 32.1. The molecule has 130 valence electrons. The van der Waals surface area contributed by atoms with Gasteiger partial charge in [-0.1, -0.05) is 29.5 Å². The fourth-order valence-electron chi connectivity index (χ4n) is 2.43. The van der Waals surface area contributed by atoms with Gasteiger partial charge in [0.1, 0.15) is 10.7 Å². The van der Waals surface area contributed by atoms with E-state index in [2.05, 4.69) is 20.6 Å². The molecule has 1 aliphatic heterocycles. The van der Waals surface area contributed by atoms with Crippen LogP contribution in [0.5, 0.6) is 0 Å². The zero-order valence-corrected chi connectivity index (χ0v) is 15.1. The van der Waals surface area contributed by atoms with Crippen LogP contribution in [0.4, 0.5) is 10.8 Å². The molecule has 2 aromatic heterocycles. The maximum atomic E-state index is 12.5. The second kappa shape index (κ2) is 7.14. The number of benzene rings is 1. The summed E-state index contributed by atoms with van der Waals surface area (Å²) in [5.74, 6) is -0.505. The highest BCUT2D eigenvalue weighted by Gasteiger charge is 2.26. The van der Waals surface area contributed by atoms with Crippen LogP contribution in [0.3, 0.4) is 0 Å². The quantitative estimate of drug-likeness (QED) is 0.748. The minimum Gasteiger partial charge on any atom is -0.295 e. The third-order valence-corrected chi connectivity index (χ3v) is 5.28. The van der Waals surface area contributed by atoms with E-state index in [1.54, 1.807) is 23.5 Å². The number of carbonyl (C=O) groups excluding carboxylic acids is 2. The average molecular weight is 383 g/mol. The lowest BCUT2D eigenvalue weighted by Crippen LogP contribution is -2.36. The van der Waals surface area contributed by atoms with E-state index < -0.39 is 0 Å². The summed E-state index contributed by atoms with van der Waals surface area (Å²) in [5.41, 5.74) is 1.91. The van der Waals surface area contributed by atoms with Crippen LogP contribution in [-0.2, 0) is 9.59 Å². The normalized spacial score (nSPS) is 14.2. The monoisotopic (exact) mass is 383 g/mol. The average Bonchev–Trinajstić information content (AvgIpc) is 3.34. The number of nitrogens with one attached hydrogen (secondary N) is 1. The Labute approximate surface area is 157 Å². The molecule has 3 aromatic rings. The summed E-state index contributed by atoms with van der Waals surface area (Å²) in [4.78, 5) is 24.6.